The summed E-state index contributed by atoms with van der Waals surface area (Å²) in [6.45, 7) is 3.18. The highest BCUT2D eigenvalue weighted by atomic mass is 16.2. The molecule has 0 spiro atoms. The third-order valence-electron chi connectivity index (χ3n) is 4.68. The molecule has 1 aliphatic carbocycles. The Labute approximate surface area is 97.6 Å². The third kappa shape index (κ3) is 1.75. The van der Waals surface area contributed by atoms with E-state index in [1.54, 1.807) is 0 Å². The summed E-state index contributed by atoms with van der Waals surface area (Å²) in [5.41, 5.74) is 0. The van der Waals surface area contributed by atoms with E-state index >= 15 is 0 Å². The van der Waals surface area contributed by atoms with Crippen LogP contribution >= 0.6 is 0 Å². The van der Waals surface area contributed by atoms with E-state index in [9.17, 15) is 4.79 Å². The molecule has 0 aromatic carbocycles. The molecule has 90 valence electrons. The minimum absolute atomic E-state index is 0.355. The van der Waals surface area contributed by atoms with Crippen LogP contribution in [0.1, 0.15) is 38.5 Å². The van der Waals surface area contributed by atoms with Crippen molar-refractivity contribution in [3.05, 3.63) is 0 Å². The highest BCUT2D eigenvalue weighted by Gasteiger charge is 2.41. The molecule has 3 nitrogen and oxygen atoms in total. The Morgan fingerprint density at radius 1 is 1.06 bits per heavy atom. The van der Waals surface area contributed by atoms with E-state index in [2.05, 4.69) is 10.2 Å². The quantitative estimate of drug-likeness (QED) is 0.727. The number of nitrogens with one attached hydrogen (secondary N) is 1. The molecule has 0 aromatic rings. The average Bonchev–Trinajstić information content (AvgIpc) is 2.91. The number of likely N-dealkylation sites (tertiary alicyclic amines) is 1. The normalized spacial score (nSPS) is 35.4. The van der Waals surface area contributed by atoms with Crippen LogP contribution in [-0.4, -0.2) is 36.5 Å². The summed E-state index contributed by atoms with van der Waals surface area (Å²) < 4.78 is 0. The molecule has 0 unspecified atom stereocenters. The van der Waals surface area contributed by atoms with Crippen LogP contribution in [-0.2, 0) is 4.79 Å². The summed E-state index contributed by atoms with van der Waals surface area (Å²) in [4.78, 5) is 14.6. The fourth-order valence-corrected chi connectivity index (χ4v) is 3.71. The minimum Gasteiger partial charge on any atom is -0.338 e. The summed E-state index contributed by atoms with van der Waals surface area (Å²) in [5, 5.41) is 3.42. The van der Waals surface area contributed by atoms with Gasteiger partial charge in [0.05, 0.1) is 0 Å². The fraction of sp³-hybridized carbons (Fsp3) is 0.923. The van der Waals surface area contributed by atoms with Gasteiger partial charge in [-0.3, -0.25) is 4.79 Å². The smallest absolute Gasteiger partial charge is 0.225 e. The molecule has 0 radical (unpaired) electrons. The first-order valence-electron chi connectivity index (χ1n) is 6.87. The lowest BCUT2D eigenvalue weighted by atomic mass is 9.88. The van der Waals surface area contributed by atoms with Gasteiger partial charge in [-0.15, -0.1) is 0 Å². The van der Waals surface area contributed by atoms with E-state index < -0.39 is 0 Å². The predicted octanol–water partition coefficient (Wildman–Crippen LogP) is 1.39. The topological polar surface area (TPSA) is 32.3 Å². The monoisotopic (exact) mass is 222 g/mol. The predicted molar refractivity (Wildman–Crippen MR) is 63.1 cm³/mol. The van der Waals surface area contributed by atoms with E-state index in [0.29, 0.717) is 17.9 Å². The molecule has 1 amide bonds. The fourth-order valence-electron chi connectivity index (χ4n) is 3.71. The molecule has 2 heterocycles. The van der Waals surface area contributed by atoms with Crippen LogP contribution < -0.4 is 5.32 Å². The zero-order chi connectivity index (χ0) is 11.0. The molecule has 3 fully saturated rings. The van der Waals surface area contributed by atoms with Crippen molar-refractivity contribution in [2.75, 3.05) is 19.6 Å². The third-order valence-corrected chi connectivity index (χ3v) is 4.68. The molecule has 3 aliphatic rings. The summed E-state index contributed by atoms with van der Waals surface area (Å²) >= 11 is 0. The molecule has 2 saturated heterocycles. The summed E-state index contributed by atoms with van der Waals surface area (Å²) in [6.07, 6.45) is 7.35. The number of nitrogens with zero attached hydrogens (tertiary/aromatic N) is 1. The zero-order valence-electron chi connectivity index (χ0n) is 9.95. The van der Waals surface area contributed by atoms with Crippen LogP contribution in [0.4, 0.5) is 0 Å². The van der Waals surface area contributed by atoms with Crippen LogP contribution in [0, 0.1) is 11.8 Å². The van der Waals surface area contributed by atoms with Gasteiger partial charge in [0.2, 0.25) is 5.91 Å². The first-order valence-corrected chi connectivity index (χ1v) is 6.87. The van der Waals surface area contributed by atoms with Crippen LogP contribution in [0.2, 0.25) is 0 Å². The Bertz CT molecular complexity index is 273. The van der Waals surface area contributed by atoms with E-state index in [1.165, 1.54) is 25.7 Å². The Kier molecular flexibility index (Phi) is 2.88. The average molecular weight is 222 g/mol. The van der Waals surface area contributed by atoms with Gasteiger partial charge >= 0.3 is 0 Å². The van der Waals surface area contributed by atoms with Crippen LogP contribution in [0.25, 0.3) is 0 Å². The maximum Gasteiger partial charge on any atom is 0.225 e. The highest BCUT2D eigenvalue weighted by Crippen LogP contribution is 2.32. The van der Waals surface area contributed by atoms with Crippen molar-refractivity contribution in [2.24, 2.45) is 11.8 Å². The van der Waals surface area contributed by atoms with Gasteiger partial charge in [0.25, 0.3) is 0 Å². The Hall–Kier alpha value is -0.570. The van der Waals surface area contributed by atoms with Gasteiger partial charge in [-0.1, -0.05) is 19.3 Å². The zero-order valence-corrected chi connectivity index (χ0v) is 9.95. The number of hydrogen-bond acceptors (Lipinski definition) is 2. The number of fused-ring (bicyclic) bond motifs is 1. The van der Waals surface area contributed by atoms with Gasteiger partial charge in [0.15, 0.2) is 0 Å². The van der Waals surface area contributed by atoms with Crippen LogP contribution in [0.3, 0.4) is 0 Å². The van der Waals surface area contributed by atoms with Crippen molar-refractivity contribution in [3.63, 3.8) is 0 Å². The first-order chi connectivity index (χ1) is 7.86. The summed E-state index contributed by atoms with van der Waals surface area (Å²) in [6, 6.07) is 0.523. The molecular weight excluding hydrogens is 200 g/mol. The Morgan fingerprint density at radius 3 is 2.69 bits per heavy atom. The maximum atomic E-state index is 12.4. The van der Waals surface area contributed by atoms with Crippen LogP contribution in [0.15, 0.2) is 0 Å². The lowest BCUT2D eigenvalue weighted by Gasteiger charge is -2.30. The van der Waals surface area contributed by atoms with E-state index in [-0.39, 0.29) is 0 Å². The van der Waals surface area contributed by atoms with Crippen molar-refractivity contribution >= 4 is 5.91 Å². The molecule has 2 atom stereocenters. The molecular formula is C13H22N2O. The summed E-state index contributed by atoms with van der Waals surface area (Å²) in [5.74, 6) is 1.57. The minimum atomic E-state index is 0.355. The van der Waals surface area contributed by atoms with Gasteiger partial charge < -0.3 is 10.2 Å². The molecule has 2 aliphatic heterocycles. The summed E-state index contributed by atoms with van der Waals surface area (Å²) in [7, 11) is 0. The van der Waals surface area contributed by atoms with Crippen molar-refractivity contribution in [3.8, 4) is 0 Å². The Balaban J connectivity index is 1.65. The molecule has 0 aromatic heterocycles. The van der Waals surface area contributed by atoms with Gasteiger partial charge in [-0.25, -0.2) is 0 Å². The first kappa shape index (κ1) is 10.6. The second-order valence-corrected chi connectivity index (χ2v) is 5.64. The van der Waals surface area contributed by atoms with Crippen molar-refractivity contribution < 1.29 is 4.79 Å². The van der Waals surface area contributed by atoms with Crippen molar-refractivity contribution in [2.45, 2.75) is 44.6 Å². The molecule has 1 saturated carbocycles. The maximum absolute atomic E-state index is 12.4. The lowest BCUT2D eigenvalue weighted by Crippen LogP contribution is -2.42. The Morgan fingerprint density at radius 2 is 1.88 bits per heavy atom. The lowest BCUT2D eigenvalue weighted by molar-refractivity contribution is -0.137. The van der Waals surface area contributed by atoms with E-state index in [1.807, 2.05) is 0 Å². The largest absolute Gasteiger partial charge is 0.338 e. The SMILES string of the molecule is O=C(C1CCCCC1)N1CC[C@H]2CNC[C@H]21. The standard InChI is InChI=1S/C13H22N2O/c16-13(10-4-2-1-3-5-10)15-7-6-11-8-14-9-12(11)15/h10-12,14H,1-9H2/t11-,12+/m0/s1. The number of carbonyl (C=O) groups excluding carboxylic acids is 1. The van der Waals surface area contributed by atoms with Gasteiger partial charge in [-0.05, 0) is 25.2 Å². The molecule has 3 heteroatoms. The van der Waals surface area contributed by atoms with Gasteiger partial charge in [0.1, 0.15) is 0 Å². The van der Waals surface area contributed by atoms with E-state index in [0.717, 1.165) is 38.4 Å². The highest BCUT2D eigenvalue weighted by molar-refractivity contribution is 5.79. The second kappa shape index (κ2) is 4.36. The van der Waals surface area contributed by atoms with Crippen LogP contribution in [0.5, 0.6) is 0 Å². The molecule has 16 heavy (non-hydrogen) atoms. The number of hydrogen-bond donors (Lipinski definition) is 1. The molecule has 0 bridgehead atoms. The van der Waals surface area contributed by atoms with Gasteiger partial charge in [0, 0.05) is 31.6 Å². The molecule has 1 N–H and O–H groups in total. The van der Waals surface area contributed by atoms with Gasteiger partial charge in [-0.2, -0.15) is 0 Å². The van der Waals surface area contributed by atoms with E-state index in [4.69, 9.17) is 0 Å². The second-order valence-electron chi connectivity index (χ2n) is 5.64. The number of amides is 1. The number of rotatable bonds is 1. The van der Waals surface area contributed by atoms with Crippen molar-refractivity contribution in [1.82, 2.24) is 10.2 Å². The molecule has 3 rings (SSSR count). The van der Waals surface area contributed by atoms with Crippen molar-refractivity contribution in [1.29, 1.82) is 0 Å². The number of carbonyl (C=O) groups is 1.